The van der Waals surface area contributed by atoms with Crippen LogP contribution in [0.15, 0.2) is 36.4 Å². The molecule has 0 N–H and O–H groups in total. The number of carbonyl (C=O) groups excluding carboxylic acids is 2. The molecule has 3 nitrogen and oxygen atoms in total. The largest absolute Gasteiger partial charge is 0.617 e. The quantitative estimate of drug-likeness (QED) is 0.617. The van der Waals surface area contributed by atoms with Crippen molar-refractivity contribution in [1.82, 2.24) is 0 Å². The van der Waals surface area contributed by atoms with Crippen LogP contribution in [0.1, 0.15) is 20.7 Å². The number of hydrogen-bond donors (Lipinski definition) is 0. The molecule has 0 aromatic heterocycles. The molecule has 0 fully saturated rings. The van der Waals surface area contributed by atoms with Crippen molar-refractivity contribution in [3.63, 3.8) is 0 Å². The molecule has 0 saturated heterocycles. The van der Waals surface area contributed by atoms with Gasteiger partial charge >= 0.3 is 0 Å². The molecule has 0 heterocycles. The molecule has 2 aromatic rings. The van der Waals surface area contributed by atoms with Crippen LogP contribution in [-0.4, -0.2) is 29.6 Å². The Morgan fingerprint density at radius 1 is 0.944 bits per heavy atom. The average Bonchev–Trinajstić information content (AvgIpc) is 2.36. The molecule has 0 unspecified atom stereocenters. The average molecular weight is 262 g/mol. The number of rotatable bonds is 2. The zero-order chi connectivity index (χ0) is 13.5. The third-order valence-corrected chi connectivity index (χ3v) is 2.21. The van der Waals surface area contributed by atoms with Crippen LogP contribution >= 0.6 is 0 Å². The molecule has 4 heteroatoms. The summed E-state index contributed by atoms with van der Waals surface area (Å²) in [6, 6.07) is 11.1. The number of aldehydes is 2. The van der Waals surface area contributed by atoms with E-state index in [0.29, 0.717) is 23.7 Å². The van der Waals surface area contributed by atoms with Gasteiger partial charge in [-0.15, -0.1) is 0 Å². The number of carbonyl (C=O) groups is 2. The first-order valence-corrected chi connectivity index (χ1v) is 7.23. The third-order valence-electron chi connectivity index (χ3n) is 2.21. The summed E-state index contributed by atoms with van der Waals surface area (Å²) >= 11 is -0.611. The Balaban J connectivity index is 0.000000357. The maximum Gasteiger partial charge on any atom is 0.150 e. The molecular formula is C14H14O3S. The highest BCUT2D eigenvalue weighted by Crippen LogP contribution is 2.17. The Labute approximate surface area is 109 Å². The lowest BCUT2D eigenvalue weighted by atomic mass is 10.0. The number of fused-ring (bicyclic) bond motifs is 1. The zero-order valence-corrected chi connectivity index (χ0v) is 11.1. The minimum Gasteiger partial charge on any atom is -0.617 e. The van der Waals surface area contributed by atoms with Gasteiger partial charge in [0.15, 0.2) is 12.6 Å². The number of benzene rings is 2. The standard InChI is InChI=1S/C12H8O2.C2H6OS/c13-7-11-5-9-3-1-2-4-10(9)6-12(11)8-14;1-4(2)3/h1-8H;1-2H3. The second-order valence-corrected chi connectivity index (χ2v) is 5.29. The Morgan fingerprint density at radius 2 is 1.28 bits per heavy atom. The summed E-state index contributed by atoms with van der Waals surface area (Å²) in [6.07, 6.45) is 4.69. The van der Waals surface area contributed by atoms with Crippen LogP contribution in [-0.2, 0) is 11.2 Å². The lowest BCUT2D eigenvalue weighted by molar-refractivity contribution is 0.109. The van der Waals surface area contributed by atoms with E-state index in [1.165, 1.54) is 0 Å². The minimum atomic E-state index is -0.611. The predicted molar refractivity (Wildman–Crippen MR) is 74.7 cm³/mol. The lowest BCUT2D eigenvalue weighted by Crippen LogP contribution is -1.90. The fourth-order valence-corrected chi connectivity index (χ4v) is 1.48. The van der Waals surface area contributed by atoms with E-state index >= 15 is 0 Å². The van der Waals surface area contributed by atoms with Gasteiger partial charge in [-0.1, -0.05) is 35.4 Å². The molecule has 0 amide bonds. The van der Waals surface area contributed by atoms with Gasteiger partial charge in [0.25, 0.3) is 0 Å². The Hall–Kier alpha value is -1.65. The summed E-state index contributed by atoms with van der Waals surface area (Å²) in [6.45, 7) is 0. The maximum absolute atomic E-state index is 10.7. The summed E-state index contributed by atoms with van der Waals surface area (Å²) in [7, 11) is 0. The molecule has 0 saturated carbocycles. The lowest BCUT2D eigenvalue weighted by Gasteiger charge is -2.00. The molecule has 2 aromatic carbocycles. The van der Waals surface area contributed by atoms with Crippen molar-refractivity contribution in [2.75, 3.05) is 12.5 Å². The predicted octanol–water partition coefficient (Wildman–Crippen LogP) is 2.46. The van der Waals surface area contributed by atoms with Gasteiger partial charge in [0.05, 0.1) is 12.5 Å². The van der Waals surface area contributed by atoms with E-state index in [2.05, 4.69) is 0 Å². The van der Waals surface area contributed by atoms with Crippen molar-refractivity contribution in [3.05, 3.63) is 47.5 Å². The number of hydrogen-bond acceptors (Lipinski definition) is 3. The summed E-state index contributed by atoms with van der Waals surface area (Å²) in [5.74, 6) is 0. The summed E-state index contributed by atoms with van der Waals surface area (Å²) in [5.41, 5.74) is 0.886. The molecule has 0 aliphatic rings. The summed E-state index contributed by atoms with van der Waals surface area (Å²) in [5, 5.41) is 1.94. The second kappa shape index (κ2) is 6.93. The van der Waals surface area contributed by atoms with Crippen LogP contribution in [0.5, 0.6) is 0 Å². The minimum absolute atomic E-state index is 0.443. The highest BCUT2D eigenvalue weighted by atomic mass is 32.2. The second-order valence-electron chi connectivity index (χ2n) is 3.81. The Morgan fingerprint density at radius 3 is 1.56 bits per heavy atom. The van der Waals surface area contributed by atoms with Gasteiger partial charge in [-0.05, 0) is 22.9 Å². The smallest absolute Gasteiger partial charge is 0.150 e. The summed E-state index contributed by atoms with van der Waals surface area (Å²) in [4.78, 5) is 21.3. The van der Waals surface area contributed by atoms with Crippen molar-refractivity contribution < 1.29 is 14.1 Å². The maximum atomic E-state index is 10.7. The Bertz CT molecular complexity index is 500. The van der Waals surface area contributed by atoms with Crippen LogP contribution < -0.4 is 0 Å². The topological polar surface area (TPSA) is 57.2 Å². The Kier molecular flexibility index (Phi) is 5.55. The zero-order valence-electron chi connectivity index (χ0n) is 10.3. The normalized spacial score (nSPS) is 9.78. The molecule has 0 aliphatic carbocycles. The van der Waals surface area contributed by atoms with Crippen molar-refractivity contribution in [2.45, 2.75) is 0 Å². The van der Waals surface area contributed by atoms with E-state index in [1.807, 2.05) is 24.3 Å². The van der Waals surface area contributed by atoms with Gasteiger partial charge in [0, 0.05) is 11.1 Å². The van der Waals surface area contributed by atoms with E-state index in [0.717, 1.165) is 10.8 Å². The van der Waals surface area contributed by atoms with Gasteiger partial charge in [0.2, 0.25) is 0 Å². The first-order valence-electron chi connectivity index (χ1n) is 5.26. The van der Waals surface area contributed by atoms with Gasteiger partial charge in [-0.2, -0.15) is 0 Å². The van der Waals surface area contributed by atoms with E-state index in [9.17, 15) is 14.1 Å². The van der Waals surface area contributed by atoms with Crippen LogP contribution in [0.2, 0.25) is 0 Å². The van der Waals surface area contributed by atoms with Crippen molar-refractivity contribution in [3.8, 4) is 0 Å². The molecule has 2 rings (SSSR count). The molecule has 94 valence electrons. The van der Waals surface area contributed by atoms with Gasteiger partial charge in [-0.25, -0.2) is 0 Å². The fourth-order valence-electron chi connectivity index (χ4n) is 1.48. The van der Waals surface area contributed by atoms with Crippen molar-refractivity contribution in [1.29, 1.82) is 0 Å². The van der Waals surface area contributed by atoms with Crippen LogP contribution in [0, 0.1) is 0 Å². The first kappa shape index (κ1) is 14.4. The third kappa shape index (κ3) is 3.98. The van der Waals surface area contributed by atoms with E-state index < -0.39 is 11.2 Å². The molecule has 18 heavy (non-hydrogen) atoms. The SMILES string of the molecule is C[S+](C)[O-].O=Cc1cc2ccccc2cc1C=O. The highest BCUT2D eigenvalue weighted by molar-refractivity contribution is 7.89. The fraction of sp³-hybridized carbons (Fsp3) is 0.143. The molecular weight excluding hydrogens is 248 g/mol. The van der Waals surface area contributed by atoms with Crippen molar-refractivity contribution in [2.24, 2.45) is 0 Å². The molecule has 0 spiro atoms. The first-order chi connectivity index (χ1) is 8.58. The van der Waals surface area contributed by atoms with Gasteiger partial charge < -0.3 is 4.55 Å². The molecule has 0 radical (unpaired) electrons. The van der Waals surface area contributed by atoms with Crippen LogP contribution in [0.3, 0.4) is 0 Å². The van der Waals surface area contributed by atoms with Crippen molar-refractivity contribution >= 4 is 34.5 Å². The van der Waals surface area contributed by atoms with Crippen LogP contribution in [0.25, 0.3) is 10.8 Å². The van der Waals surface area contributed by atoms with Crippen LogP contribution in [0.4, 0.5) is 0 Å². The monoisotopic (exact) mass is 262 g/mol. The van der Waals surface area contributed by atoms with Gasteiger partial charge in [0.1, 0.15) is 0 Å². The summed E-state index contributed by atoms with van der Waals surface area (Å²) < 4.78 is 9.56. The van der Waals surface area contributed by atoms with E-state index in [4.69, 9.17) is 0 Å². The highest BCUT2D eigenvalue weighted by Gasteiger charge is 2.02. The molecule has 0 bridgehead atoms. The molecule has 0 aliphatic heterocycles. The van der Waals surface area contributed by atoms with E-state index in [-0.39, 0.29) is 0 Å². The van der Waals surface area contributed by atoms with Gasteiger partial charge in [-0.3, -0.25) is 9.59 Å². The molecule has 0 atom stereocenters. The van der Waals surface area contributed by atoms with E-state index in [1.54, 1.807) is 24.6 Å².